The highest BCUT2D eigenvalue weighted by Gasteiger charge is 2.25. The first-order valence-electron chi connectivity index (χ1n) is 8.29. The van der Waals surface area contributed by atoms with E-state index in [0.717, 1.165) is 17.3 Å². The van der Waals surface area contributed by atoms with Crippen LogP contribution in [0.2, 0.25) is 0 Å². The van der Waals surface area contributed by atoms with E-state index in [-0.39, 0.29) is 11.9 Å². The second-order valence-corrected chi connectivity index (χ2v) is 7.05. The minimum Gasteiger partial charge on any atom is -0.486 e. The van der Waals surface area contributed by atoms with Crippen molar-refractivity contribution in [3.8, 4) is 11.5 Å². The van der Waals surface area contributed by atoms with E-state index < -0.39 is 0 Å². The highest BCUT2D eigenvalue weighted by atomic mass is 79.9. The number of nitrogens with two attached hydrogens (primary N) is 1. The summed E-state index contributed by atoms with van der Waals surface area (Å²) >= 11 is 3.45. The van der Waals surface area contributed by atoms with Crippen LogP contribution in [0.5, 0.6) is 11.5 Å². The Morgan fingerprint density at radius 1 is 1.26 bits per heavy atom. The third-order valence-corrected chi connectivity index (χ3v) is 5.24. The largest absolute Gasteiger partial charge is 0.486 e. The van der Waals surface area contributed by atoms with Gasteiger partial charge in [0, 0.05) is 18.2 Å². The highest BCUT2D eigenvalue weighted by molar-refractivity contribution is 9.10. The number of hydrogen-bond donors (Lipinski definition) is 2. The topological polar surface area (TPSA) is 73.6 Å². The molecule has 3 N–H and O–H groups in total. The van der Waals surface area contributed by atoms with Crippen molar-refractivity contribution in [2.24, 2.45) is 11.7 Å². The predicted octanol–water partition coefficient (Wildman–Crippen LogP) is 2.86. The molecular weight excluding hydrogens is 360 g/mol. The first kappa shape index (κ1) is 16.6. The standard InChI is InChI=1S/C17H23BrN2O3/c18-13-8-12(9-15-16(13)23-7-6-22-15)17(21)20-14(10-19)11-4-2-1-3-5-11/h8-9,11,14H,1-7,10,19H2,(H,20,21). The Hall–Kier alpha value is -1.27. The minimum atomic E-state index is -0.108. The van der Waals surface area contributed by atoms with Gasteiger partial charge in [-0.3, -0.25) is 4.79 Å². The number of carbonyl (C=O) groups is 1. The Bertz CT molecular complexity index is 573. The number of nitrogens with one attached hydrogen (secondary N) is 1. The molecule has 1 fully saturated rings. The van der Waals surface area contributed by atoms with E-state index in [1.54, 1.807) is 12.1 Å². The van der Waals surface area contributed by atoms with E-state index >= 15 is 0 Å². The Kier molecular flexibility index (Phi) is 5.43. The number of rotatable bonds is 4. The number of amides is 1. The minimum absolute atomic E-state index is 0.0368. The summed E-state index contributed by atoms with van der Waals surface area (Å²) in [6, 6.07) is 3.55. The van der Waals surface area contributed by atoms with Gasteiger partial charge in [0.2, 0.25) is 0 Å². The Balaban J connectivity index is 1.73. The predicted molar refractivity (Wildman–Crippen MR) is 92.0 cm³/mol. The van der Waals surface area contributed by atoms with Gasteiger partial charge >= 0.3 is 0 Å². The molecule has 0 bridgehead atoms. The molecule has 1 atom stereocenters. The summed E-state index contributed by atoms with van der Waals surface area (Å²) in [5.74, 6) is 1.65. The van der Waals surface area contributed by atoms with Crippen LogP contribution in [0.1, 0.15) is 42.5 Å². The lowest BCUT2D eigenvalue weighted by Gasteiger charge is -2.30. The molecule has 6 heteroatoms. The molecule has 1 aliphatic heterocycles. The summed E-state index contributed by atoms with van der Waals surface area (Å²) in [5, 5.41) is 3.11. The van der Waals surface area contributed by atoms with Gasteiger partial charge in [-0.1, -0.05) is 19.3 Å². The molecule has 23 heavy (non-hydrogen) atoms. The molecule has 2 aliphatic rings. The SMILES string of the molecule is NCC(NC(=O)c1cc(Br)c2c(c1)OCCO2)C1CCCCC1. The van der Waals surface area contributed by atoms with Crippen LogP contribution in [-0.4, -0.2) is 31.7 Å². The molecule has 1 unspecified atom stereocenters. The Morgan fingerprint density at radius 3 is 2.74 bits per heavy atom. The second kappa shape index (κ2) is 7.53. The van der Waals surface area contributed by atoms with Crippen molar-refractivity contribution in [3.63, 3.8) is 0 Å². The van der Waals surface area contributed by atoms with Crippen molar-refractivity contribution in [2.45, 2.75) is 38.1 Å². The lowest BCUT2D eigenvalue weighted by molar-refractivity contribution is 0.0914. The second-order valence-electron chi connectivity index (χ2n) is 6.20. The molecule has 3 rings (SSSR count). The monoisotopic (exact) mass is 382 g/mol. The van der Waals surface area contributed by atoms with Crippen LogP contribution in [0.4, 0.5) is 0 Å². The zero-order valence-electron chi connectivity index (χ0n) is 13.1. The van der Waals surface area contributed by atoms with Crippen molar-refractivity contribution >= 4 is 21.8 Å². The normalized spacial score (nSPS) is 19.2. The average Bonchev–Trinajstić information content (AvgIpc) is 2.60. The number of benzene rings is 1. The average molecular weight is 383 g/mol. The molecule has 0 spiro atoms. The molecular formula is C17H23BrN2O3. The first-order chi connectivity index (χ1) is 11.2. The van der Waals surface area contributed by atoms with Crippen molar-refractivity contribution in [1.29, 1.82) is 0 Å². The smallest absolute Gasteiger partial charge is 0.251 e. The summed E-state index contributed by atoms with van der Waals surface area (Å²) in [4.78, 5) is 12.6. The summed E-state index contributed by atoms with van der Waals surface area (Å²) in [7, 11) is 0. The van der Waals surface area contributed by atoms with E-state index in [4.69, 9.17) is 15.2 Å². The summed E-state index contributed by atoms with van der Waals surface area (Å²) < 4.78 is 11.9. The van der Waals surface area contributed by atoms with Crippen molar-refractivity contribution < 1.29 is 14.3 Å². The van der Waals surface area contributed by atoms with Crippen LogP contribution in [-0.2, 0) is 0 Å². The third-order valence-electron chi connectivity index (χ3n) is 4.65. The van der Waals surface area contributed by atoms with Gasteiger partial charge in [-0.15, -0.1) is 0 Å². The fourth-order valence-corrected chi connectivity index (χ4v) is 3.96. The summed E-state index contributed by atoms with van der Waals surface area (Å²) in [6.07, 6.45) is 6.04. The van der Waals surface area contributed by atoms with E-state index in [1.165, 1.54) is 19.3 Å². The molecule has 0 saturated heterocycles. The molecule has 126 valence electrons. The van der Waals surface area contributed by atoms with Crippen LogP contribution < -0.4 is 20.5 Å². The number of hydrogen-bond acceptors (Lipinski definition) is 4. The van der Waals surface area contributed by atoms with Crippen LogP contribution >= 0.6 is 15.9 Å². The van der Waals surface area contributed by atoms with Crippen LogP contribution in [0.15, 0.2) is 16.6 Å². The fraction of sp³-hybridized carbons (Fsp3) is 0.588. The molecule has 0 aromatic heterocycles. The number of carbonyl (C=O) groups excluding carboxylic acids is 1. The maximum atomic E-state index is 12.6. The molecule has 1 aliphatic carbocycles. The van der Waals surface area contributed by atoms with Crippen molar-refractivity contribution in [2.75, 3.05) is 19.8 Å². The van der Waals surface area contributed by atoms with Gasteiger partial charge in [0.25, 0.3) is 5.91 Å². The molecule has 1 aromatic carbocycles. The van der Waals surface area contributed by atoms with E-state index in [0.29, 0.717) is 42.7 Å². The summed E-state index contributed by atoms with van der Waals surface area (Å²) in [5.41, 5.74) is 6.47. The maximum absolute atomic E-state index is 12.6. The zero-order valence-corrected chi connectivity index (χ0v) is 14.7. The number of ether oxygens (including phenoxy) is 2. The van der Waals surface area contributed by atoms with Crippen molar-refractivity contribution in [3.05, 3.63) is 22.2 Å². The molecule has 1 saturated carbocycles. The fourth-order valence-electron chi connectivity index (χ4n) is 3.40. The molecule has 0 radical (unpaired) electrons. The number of halogens is 1. The zero-order chi connectivity index (χ0) is 16.2. The van der Waals surface area contributed by atoms with Gasteiger partial charge in [0.15, 0.2) is 11.5 Å². The van der Waals surface area contributed by atoms with Crippen molar-refractivity contribution in [1.82, 2.24) is 5.32 Å². The summed E-state index contributed by atoms with van der Waals surface area (Å²) in [6.45, 7) is 1.49. The Labute approximate surface area is 145 Å². The molecule has 1 aromatic rings. The van der Waals surface area contributed by atoms with Gasteiger partial charge in [-0.25, -0.2) is 0 Å². The number of fused-ring (bicyclic) bond motifs is 1. The van der Waals surface area contributed by atoms with Gasteiger partial charge in [0.1, 0.15) is 13.2 Å². The van der Waals surface area contributed by atoms with E-state index in [2.05, 4.69) is 21.2 Å². The lowest BCUT2D eigenvalue weighted by Crippen LogP contribution is -2.45. The van der Waals surface area contributed by atoms with Gasteiger partial charge < -0.3 is 20.5 Å². The van der Waals surface area contributed by atoms with Gasteiger partial charge in [-0.05, 0) is 46.8 Å². The molecule has 1 heterocycles. The third kappa shape index (κ3) is 3.80. The first-order valence-corrected chi connectivity index (χ1v) is 9.08. The van der Waals surface area contributed by atoms with Gasteiger partial charge in [-0.2, -0.15) is 0 Å². The van der Waals surface area contributed by atoms with E-state index in [1.807, 2.05) is 0 Å². The molecule has 1 amide bonds. The van der Waals surface area contributed by atoms with Gasteiger partial charge in [0.05, 0.1) is 4.47 Å². The Morgan fingerprint density at radius 2 is 2.00 bits per heavy atom. The highest BCUT2D eigenvalue weighted by Crippen LogP contribution is 2.38. The van der Waals surface area contributed by atoms with Crippen LogP contribution in [0, 0.1) is 5.92 Å². The lowest BCUT2D eigenvalue weighted by atomic mass is 9.84. The van der Waals surface area contributed by atoms with Crippen LogP contribution in [0.3, 0.4) is 0 Å². The quantitative estimate of drug-likeness (QED) is 0.839. The molecule has 5 nitrogen and oxygen atoms in total. The van der Waals surface area contributed by atoms with Crippen LogP contribution in [0.25, 0.3) is 0 Å². The maximum Gasteiger partial charge on any atom is 0.251 e. The van der Waals surface area contributed by atoms with E-state index in [9.17, 15) is 4.79 Å².